The number of phenolic OH excluding ortho intramolecular Hbond substituents is 1. The maximum absolute atomic E-state index is 11.9. The zero-order chi connectivity index (χ0) is 39.3. The maximum Gasteiger partial charge on any atom is 0.332 e. The van der Waals surface area contributed by atoms with Gasteiger partial charge in [-0.2, -0.15) is 0 Å². The number of unbranched alkanes of at least 4 members (excludes halogenated alkanes) is 13. The van der Waals surface area contributed by atoms with E-state index < -0.39 is 25.5 Å². The van der Waals surface area contributed by atoms with E-state index in [1.807, 2.05) is 0 Å². The Hall–Kier alpha value is 0.0800. The molecule has 1 atom stereocenters. The second kappa shape index (κ2) is 26.8. The molecule has 0 aromatic heterocycles. The smallest absolute Gasteiger partial charge is 0.332 e. The summed E-state index contributed by atoms with van der Waals surface area (Å²) in [7, 11) is 0. The van der Waals surface area contributed by atoms with Gasteiger partial charge < -0.3 is 15.3 Å². The van der Waals surface area contributed by atoms with Crippen LogP contribution in [0.4, 0.5) is 0 Å². The second-order valence-corrected chi connectivity index (χ2v) is 17.3. The van der Waals surface area contributed by atoms with Crippen LogP contribution in [0.5, 0.6) is 5.75 Å². The van der Waals surface area contributed by atoms with Crippen LogP contribution in [0.25, 0.3) is 0 Å². The largest absolute Gasteiger partial charge is 0.505 e. The van der Waals surface area contributed by atoms with Crippen molar-refractivity contribution >= 4 is 128 Å². The number of halogens is 10. The van der Waals surface area contributed by atoms with Crippen LogP contribution < -0.4 is 0 Å². The average Bonchev–Trinajstić information content (AvgIpc) is 3.10. The molecule has 0 spiro atoms. The molecule has 0 radical (unpaired) electrons. The molecule has 15 heteroatoms. The number of rotatable bonds is 21. The summed E-state index contributed by atoms with van der Waals surface area (Å²) in [5.41, 5.74) is 0.225. The topological polar surface area (TPSA) is 94.8 Å². The fourth-order valence-electron chi connectivity index (χ4n) is 4.82. The van der Waals surface area contributed by atoms with Crippen LogP contribution in [-0.4, -0.2) is 35.9 Å². The van der Waals surface area contributed by atoms with Gasteiger partial charge in [-0.05, 0) is 18.4 Å². The highest BCUT2D eigenvalue weighted by Crippen LogP contribution is 2.58. The summed E-state index contributed by atoms with van der Waals surface area (Å²) in [5.74, 6) is -2.43. The van der Waals surface area contributed by atoms with E-state index in [1.165, 1.54) is 63.5 Å². The minimum atomic E-state index is -2.18. The van der Waals surface area contributed by atoms with Crippen molar-refractivity contribution in [2.24, 2.45) is 0 Å². The van der Waals surface area contributed by atoms with Gasteiger partial charge >= 0.3 is 11.9 Å². The summed E-state index contributed by atoms with van der Waals surface area (Å²) in [6, 6.07) is 8.11. The maximum atomic E-state index is 11.9. The standard InChI is InChI=1S/C18H23Cl5O2.C12H24O2.C6HCl5O/c1-2-3-4-5-6-10-13-16(19,20)18(22,23)17(21,15(24)25)14-11-8-7-9-12-14;1-2-3-4-5-6-7-8-9-10-11-12(13)14;7-1-2(8)4(10)6(12)5(11)3(1)9/h7-9,11-12H,2-6,10,13H2,1H3,(H,24,25);2-11H2,1H3,(H,13,14);12H. The molecule has 292 valence electrons. The van der Waals surface area contributed by atoms with E-state index >= 15 is 0 Å². The molecule has 0 bridgehead atoms. The van der Waals surface area contributed by atoms with Crippen LogP contribution in [0.3, 0.4) is 0 Å². The van der Waals surface area contributed by atoms with E-state index in [2.05, 4.69) is 13.8 Å². The molecule has 1 unspecified atom stereocenters. The average molecular weight is 915 g/mol. The minimum absolute atomic E-state index is 0.00904. The number of aromatic hydroxyl groups is 1. The molecule has 0 fully saturated rings. The molecule has 2 rings (SSSR count). The van der Waals surface area contributed by atoms with Gasteiger partial charge in [0.25, 0.3) is 0 Å². The SMILES string of the molecule is CCCCCCCCC(Cl)(Cl)C(Cl)(Cl)C(Cl)(C(=O)O)c1ccccc1.CCCCCCCCCCCC(=O)O.Oc1c(Cl)c(Cl)c(Cl)c(Cl)c1Cl. The lowest BCUT2D eigenvalue weighted by Gasteiger charge is -2.42. The Labute approximate surface area is 353 Å². The van der Waals surface area contributed by atoms with E-state index in [4.69, 9.17) is 121 Å². The first-order chi connectivity index (χ1) is 23.8. The quantitative estimate of drug-likeness (QED) is 0.0502. The van der Waals surface area contributed by atoms with Crippen molar-refractivity contribution in [1.82, 2.24) is 0 Å². The third kappa shape index (κ3) is 17.2. The summed E-state index contributed by atoms with van der Waals surface area (Å²) < 4.78 is -3.86. The van der Waals surface area contributed by atoms with Crippen molar-refractivity contribution in [3.8, 4) is 5.75 Å². The Balaban J connectivity index is 0.000000810. The van der Waals surface area contributed by atoms with Crippen LogP contribution in [-0.2, 0) is 14.5 Å². The van der Waals surface area contributed by atoms with Crippen molar-refractivity contribution in [1.29, 1.82) is 0 Å². The van der Waals surface area contributed by atoms with Gasteiger partial charge in [0.15, 0.2) is 14.4 Å². The van der Waals surface area contributed by atoms with Crippen LogP contribution in [0.15, 0.2) is 30.3 Å². The van der Waals surface area contributed by atoms with Gasteiger partial charge in [-0.25, -0.2) is 4.79 Å². The second-order valence-electron chi connectivity index (χ2n) is 12.0. The lowest BCUT2D eigenvalue weighted by Crippen LogP contribution is -2.55. The molecule has 51 heavy (non-hydrogen) atoms. The molecule has 0 heterocycles. The van der Waals surface area contributed by atoms with Crippen LogP contribution in [0.1, 0.15) is 129 Å². The number of benzene rings is 2. The lowest BCUT2D eigenvalue weighted by atomic mass is 9.90. The van der Waals surface area contributed by atoms with Crippen molar-refractivity contribution in [3.05, 3.63) is 61.0 Å². The molecule has 5 nitrogen and oxygen atoms in total. The fraction of sp³-hybridized carbons (Fsp3) is 0.611. The first kappa shape index (κ1) is 51.1. The summed E-state index contributed by atoms with van der Waals surface area (Å²) >= 11 is 60.0. The molecule has 3 N–H and O–H groups in total. The molecule has 0 amide bonds. The minimum Gasteiger partial charge on any atom is -0.505 e. The van der Waals surface area contributed by atoms with E-state index in [0.717, 1.165) is 38.5 Å². The molecule has 0 saturated carbocycles. The van der Waals surface area contributed by atoms with Crippen molar-refractivity contribution in [2.45, 2.75) is 137 Å². The van der Waals surface area contributed by atoms with Crippen molar-refractivity contribution in [3.63, 3.8) is 0 Å². The Kier molecular flexibility index (Phi) is 26.9. The molecule has 0 saturated heterocycles. The Morgan fingerprint density at radius 1 is 0.569 bits per heavy atom. The van der Waals surface area contributed by atoms with E-state index in [1.54, 1.807) is 18.2 Å². The van der Waals surface area contributed by atoms with E-state index in [0.29, 0.717) is 12.8 Å². The molecule has 2 aromatic carbocycles. The predicted molar refractivity (Wildman–Crippen MR) is 221 cm³/mol. The van der Waals surface area contributed by atoms with Gasteiger partial charge in [0, 0.05) is 6.42 Å². The molecular formula is C36H48Cl10O5. The number of alkyl halides is 5. The number of carboxylic acid groups (broad SMARTS) is 2. The number of hydrogen-bond acceptors (Lipinski definition) is 3. The number of carboxylic acids is 2. The van der Waals surface area contributed by atoms with Crippen molar-refractivity contribution in [2.75, 3.05) is 0 Å². The zero-order valence-electron chi connectivity index (χ0n) is 28.8. The van der Waals surface area contributed by atoms with Gasteiger partial charge in [-0.15, -0.1) is 0 Å². The fourth-order valence-corrected chi connectivity index (χ4v) is 7.46. The lowest BCUT2D eigenvalue weighted by molar-refractivity contribution is -0.141. The molecular weight excluding hydrogens is 867 g/mol. The number of aliphatic carboxylic acids is 2. The monoisotopic (exact) mass is 910 g/mol. The van der Waals surface area contributed by atoms with Gasteiger partial charge in [0.1, 0.15) is 10.0 Å². The van der Waals surface area contributed by atoms with Crippen LogP contribution >= 0.6 is 116 Å². The summed E-state index contributed by atoms with van der Waals surface area (Å²) in [5, 5.41) is 27.2. The highest BCUT2D eigenvalue weighted by molar-refractivity contribution is 6.66. The highest BCUT2D eigenvalue weighted by atomic mass is 35.5. The molecule has 0 aliphatic heterocycles. The number of carbonyl (C=O) groups is 2. The Morgan fingerprint density at radius 2 is 0.941 bits per heavy atom. The number of hydrogen-bond donors (Lipinski definition) is 3. The van der Waals surface area contributed by atoms with E-state index in [9.17, 15) is 19.8 Å². The third-order valence-electron chi connectivity index (χ3n) is 7.88. The first-order valence-electron chi connectivity index (χ1n) is 17.0. The molecule has 0 aliphatic carbocycles. The summed E-state index contributed by atoms with van der Waals surface area (Å²) in [4.78, 5) is 20.0. The zero-order valence-corrected chi connectivity index (χ0v) is 36.4. The predicted octanol–water partition coefficient (Wildman–Crippen LogP) is 16.0. The Morgan fingerprint density at radius 3 is 1.33 bits per heavy atom. The van der Waals surface area contributed by atoms with Crippen LogP contribution in [0, 0.1) is 0 Å². The third-order valence-corrected chi connectivity index (χ3v) is 13.5. The summed E-state index contributed by atoms with van der Waals surface area (Å²) in [6.45, 7) is 4.37. The van der Waals surface area contributed by atoms with Gasteiger partial charge in [0.05, 0.1) is 15.1 Å². The van der Waals surface area contributed by atoms with Gasteiger partial charge in [0.2, 0.25) is 4.87 Å². The van der Waals surface area contributed by atoms with E-state index in [-0.39, 0.29) is 42.8 Å². The van der Waals surface area contributed by atoms with Crippen LogP contribution in [0.2, 0.25) is 25.1 Å². The van der Waals surface area contributed by atoms with Crippen molar-refractivity contribution < 1.29 is 24.9 Å². The number of phenols is 1. The molecule has 0 aliphatic rings. The molecule has 2 aromatic rings. The van der Waals surface area contributed by atoms with Gasteiger partial charge in [-0.3, -0.25) is 4.79 Å². The summed E-state index contributed by atoms with van der Waals surface area (Å²) in [6.07, 6.45) is 17.8. The highest BCUT2D eigenvalue weighted by Gasteiger charge is 2.65. The van der Waals surface area contributed by atoms with Gasteiger partial charge in [-0.1, -0.05) is 250 Å². The first-order valence-corrected chi connectivity index (χ1v) is 20.8. The Bertz CT molecular complexity index is 1210. The normalized spacial score (nSPS) is 12.6.